The molecule has 26 heavy (non-hydrogen) atoms. The van der Waals surface area contributed by atoms with E-state index in [2.05, 4.69) is 4.94 Å². The van der Waals surface area contributed by atoms with Gasteiger partial charge in [0, 0.05) is 36.9 Å². The molecule has 0 N–H and O–H groups in total. The van der Waals surface area contributed by atoms with Gasteiger partial charge in [0.2, 0.25) is 5.43 Å². The van der Waals surface area contributed by atoms with Gasteiger partial charge >= 0.3 is 5.97 Å². The smallest absolute Gasteiger partial charge is 0.364 e. The van der Waals surface area contributed by atoms with Gasteiger partial charge in [-0.1, -0.05) is 0 Å². The molecule has 2 heterocycles. The van der Waals surface area contributed by atoms with Crippen LogP contribution < -0.4 is 10.3 Å². The van der Waals surface area contributed by atoms with Crippen molar-refractivity contribution in [1.29, 1.82) is 0 Å². The number of fused-ring (bicyclic) bond motifs is 1. The number of anilines is 1. The summed E-state index contributed by atoms with van der Waals surface area (Å²) >= 11 is 0. The average molecular weight is 373 g/mol. The van der Waals surface area contributed by atoms with E-state index in [1.165, 1.54) is 4.90 Å². The van der Waals surface area contributed by atoms with Crippen LogP contribution in [0.5, 0.6) is 0 Å². The van der Waals surface area contributed by atoms with Crippen LogP contribution in [-0.4, -0.2) is 48.7 Å². The van der Waals surface area contributed by atoms with Gasteiger partial charge in [0.05, 0.1) is 10.9 Å². The number of rotatable bonds is 3. The minimum Gasteiger partial charge on any atom is -0.364 e. The Morgan fingerprint density at radius 2 is 1.88 bits per heavy atom. The van der Waals surface area contributed by atoms with E-state index in [9.17, 15) is 22.9 Å². The van der Waals surface area contributed by atoms with Crippen molar-refractivity contribution in [1.82, 2.24) is 9.47 Å². The summed E-state index contributed by atoms with van der Waals surface area (Å²) in [6.45, 7) is 0.542. The van der Waals surface area contributed by atoms with Crippen LogP contribution >= 0.6 is 0 Å². The standard InChI is InChI=1S/C16H15F4N3O3/c1-21-2-4-22(5-3-21)14-11(18)6-9-13(12(14)19)23(8-17)7-10(15(9)24)16(25)26-20/h6-7H,2-5,8H2,1H3. The van der Waals surface area contributed by atoms with Crippen LogP contribution in [0, 0.1) is 11.6 Å². The number of alkyl halides is 1. The first-order valence-corrected chi connectivity index (χ1v) is 7.76. The van der Waals surface area contributed by atoms with Crippen molar-refractivity contribution >= 4 is 22.6 Å². The molecule has 0 bridgehead atoms. The highest BCUT2D eigenvalue weighted by Gasteiger charge is 2.27. The Kier molecular flexibility index (Phi) is 4.86. The minimum atomic E-state index is -1.66. The molecular formula is C16H15F4N3O3. The van der Waals surface area contributed by atoms with Gasteiger partial charge in [0.25, 0.3) is 0 Å². The number of hydrogen-bond acceptors (Lipinski definition) is 5. The number of carbonyl (C=O) groups excluding carboxylic acids is 1. The van der Waals surface area contributed by atoms with Crippen LogP contribution in [0.3, 0.4) is 0 Å². The fourth-order valence-electron chi connectivity index (χ4n) is 3.08. The van der Waals surface area contributed by atoms with Gasteiger partial charge in [-0.2, -0.15) is 0 Å². The Balaban J connectivity index is 2.26. The number of carbonyl (C=O) groups is 1. The molecule has 1 saturated heterocycles. The van der Waals surface area contributed by atoms with Gasteiger partial charge in [-0.25, -0.2) is 22.9 Å². The van der Waals surface area contributed by atoms with Crippen molar-refractivity contribution < 1.29 is 27.4 Å². The zero-order valence-electron chi connectivity index (χ0n) is 13.8. The lowest BCUT2D eigenvalue weighted by molar-refractivity contribution is -0.0789. The lowest BCUT2D eigenvalue weighted by atomic mass is 10.1. The van der Waals surface area contributed by atoms with E-state index < -0.39 is 46.3 Å². The summed E-state index contributed by atoms with van der Waals surface area (Å²) in [5.41, 5.74) is -2.87. The normalized spacial score (nSPS) is 15.5. The number of halogens is 4. The summed E-state index contributed by atoms with van der Waals surface area (Å²) in [4.78, 5) is 30.0. The van der Waals surface area contributed by atoms with E-state index in [0.29, 0.717) is 36.9 Å². The highest BCUT2D eigenvalue weighted by molar-refractivity contribution is 5.94. The summed E-state index contributed by atoms with van der Waals surface area (Å²) in [6.07, 6.45) is 0.654. The molecule has 0 unspecified atom stereocenters. The molecule has 1 aliphatic rings. The number of hydrogen-bond donors (Lipinski definition) is 0. The third-order valence-electron chi connectivity index (χ3n) is 4.47. The second-order valence-corrected chi connectivity index (χ2v) is 6.03. The van der Waals surface area contributed by atoms with Crippen LogP contribution in [-0.2, 0) is 11.7 Å². The third-order valence-corrected chi connectivity index (χ3v) is 4.47. The number of pyridine rings is 1. The lowest BCUT2D eigenvalue weighted by Crippen LogP contribution is -2.45. The Morgan fingerprint density at radius 1 is 1.23 bits per heavy atom. The number of piperazine rings is 1. The van der Waals surface area contributed by atoms with Gasteiger partial charge < -0.3 is 14.4 Å². The maximum absolute atomic E-state index is 15.0. The molecule has 0 amide bonds. The van der Waals surface area contributed by atoms with E-state index in [-0.39, 0.29) is 5.69 Å². The van der Waals surface area contributed by atoms with Gasteiger partial charge in [-0.3, -0.25) is 4.79 Å². The first-order chi connectivity index (χ1) is 12.4. The zero-order chi connectivity index (χ0) is 19.0. The molecule has 6 nitrogen and oxygen atoms in total. The summed E-state index contributed by atoms with van der Waals surface area (Å²) in [6, 6.07) is 0.732. The highest BCUT2D eigenvalue weighted by Crippen LogP contribution is 2.30. The van der Waals surface area contributed by atoms with E-state index in [1.807, 2.05) is 11.9 Å². The van der Waals surface area contributed by atoms with Crippen molar-refractivity contribution in [2.75, 3.05) is 38.1 Å². The lowest BCUT2D eigenvalue weighted by Gasteiger charge is -2.34. The van der Waals surface area contributed by atoms with Crippen molar-refractivity contribution in [3.05, 3.63) is 39.7 Å². The number of aromatic nitrogens is 1. The monoisotopic (exact) mass is 373 g/mol. The summed E-state index contributed by atoms with van der Waals surface area (Å²) in [5, 5.41) is -0.571. The number of benzene rings is 1. The highest BCUT2D eigenvalue weighted by atomic mass is 19.3. The van der Waals surface area contributed by atoms with E-state index in [1.54, 1.807) is 0 Å². The fourth-order valence-corrected chi connectivity index (χ4v) is 3.08. The van der Waals surface area contributed by atoms with Gasteiger partial charge in [-0.15, -0.1) is 0 Å². The Hall–Kier alpha value is -2.62. The third kappa shape index (κ3) is 2.90. The molecule has 0 spiro atoms. The Bertz CT molecular complexity index is 923. The molecule has 0 radical (unpaired) electrons. The van der Waals surface area contributed by atoms with Crippen LogP contribution in [0.2, 0.25) is 0 Å². The van der Waals surface area contributed by atoms with Gasteiger partial charge in [0.1, 0.15) is 17.1 Å². The largest absolute Gasteiger partial charge is 0.384 e. The number of likely N-dealkylation sites (N-methyl/N-ethyl adjacent to an activating group) is 1. The molecule has 0 saturated carbocycles. The van der Waals surface area contributed by atoms with Crippen LogP contribution in [0.4, 0.5) is 23.4 Å². The minimum absolute atomic E-state index is 0.349. The van der Waals surface area contributed by atoms with Crippen LogP contribution in [0.25, 0.3) is 10.9 Å². The Morgan fingerprint density at radius 3 is 2.46 bits per heavy atom. The van der Waals surface area contributed by atoms with Crippen molar-refractivity contribution in [2.24, 2.45) is 0 Å². The number of nitrogens with zero attached hydrogens (tertiary/aromatic N) is 3. The molecule has 1 aliphatic heterocycles. The molecule has 1 fully saturated rings. The summed E-state index contributed by atoms with van der Waals surface area (Å²) < 4.78 is 55.7. The summed E-state index contributed by atoms with van der Waals surface area (Å²) in [5.74, 6) is -3.80. The van der Waals surface area contributed by atoms with E-state index >= 15 is 4.39 Å². The van der Waals surface area contributed by atoms with E-state index in [0.717, 1.165) is 6.07 Å². The maximum atomic E-state index is 15.0. The SMILES string of the molecule is CN1CCN(c2c(F)cc3c(=O)c(C(=O)OF)cn(CF)c3c2F)CC1. The van der Waals surface area contributed by atoms with Crippen LogP contribution in [0.1, 0.15) is 10.4 Å². The molecule has 140 valence electrons. The second kappa shape index (κ2) is 6.94. The molecule has 10 heteroatoms. The predicted molar refractivity (Wildman–Crippen MR) is 85.5 cm³/mol. The van der Waals surface area contributed by atoms with Crippen molar-refractivity contribution in [3.63, 3.8) is 0 Å². The predicted octanol–water partition coefficient (Wildman–Crippen LogP) is 2.00. The van der Waals surface area contributed by atoms with E-state index in [4.69, 9.17) is 0 Å². The molecule has 1 aromatic carbocycles. The zero-order valence-corrected chi connectivity index (χ0v) is 13.8. The quantitative estimate of drug-likeness (QED) is 0.771. The first kappa shape index (κ1) is 18.2. The Labute approximate surface area is 145 Å². The van der Waals surface area contributed by atoms with Crippen molar-refractivity contribution in [3.8, 4) is 0 Å². The molecule has 3 rings (SSSR count). The van der Waals surface area contributed by atoms with Crippen LogP contribution in [0.15, 0.2) is 17.1 Å². The van der Waals surface area contributed by atoms with Gasteiger partial charge in [0.15, 0.2) is 12.6 Å². The van der Waals surface area contributed by atoms with Crippen molar-refractivity contribution in [2.45, 2.75) is 6.80 Å². The topological polar surface area (TPSA) is 54.8 Å². The summed E-state index contributed by atoms with van der Waals surface area (Å²) in [7, 11) is 1.87. The molecule has 0 aliphatic carbocycles. The molecule has 2 aromatic rings. The maximum Gasteiger partial charge on any atom is 0.384 e. The van der Waals surface area contributed by atoms with Gasteiger partial charge in [-0.05, 0) is 13.1 Å². The fraction of sp³-hybridized carbons (Fsp3) is 0.375. The molecular weight excluding hydrogens is 358 g/mol. The molecule has 0 atom stereocenters. The first-order valence-electron chi connectivity index (χ1n) is 7.76. The second-order valence-electron chi connectivity index (χ2n) is 6.03. The molecule has 1 aromatic heterocycles. The average Bonchev–Trinajstić information content (AvgIpc) is 2.63.